The van der Waals surface area contributed by atoms with Crippen molar-refractivity contribution in [3.8, 4) is 0 Å². The van der Waals surface area contributed by atoms with Crippen molar-refractivity contribution < 1.29 is 9.53 Å². The zero-order valence-corrected chi connectivity index (χ0v) is 14.1. The molecule has 1 N–H and O–H groups in total. The summed E-state index contributed by atoms with van der Waals surface area (Å²) in [6, 6.07) is 9.70. The molecule has 24 heavy (non-hydrogen) atoms. The first kappa shape index (κ1) is 16.6. The molecule has 1 aromatic heterocycles. The van der Waals surface area contributed by atoms with Crippen molar-refractivity contribution in [2.45, 2.75) is 25.6 Å². The summed E-state index contributed by atoms with van der Waals surface area (Å²) in [5, 5.41) is 11.0. The lowest BCUT2D eigenvalue weighted by atomic mass is 10.1. The van der Waals surface area contributed by atoms with Crippen molar-refractivity contribution in [2.75, 3.05) is 19.7 Å². The molecule has 1 saturated heterocycles. The predicted octanol–water partition coefficient (Wildman–Crippen LogP) is 0.893. The highest BCUT2D eigenvalue weighted by Gasteiger charge is 2.30. The van der Waals surface area contributed by atoms with E-state index < -0.39 is 0 Å². The summed E-state index contributed by atoms with van der Waals surface area (Å²) in [5.74, 6) is 0.814. The van der Waals surface area contributed by atoms with Gasteiger partial charge in [0.1, 0.15) is 12.4 Å². The number of morpholine rings is 1. The molecule has 2 heterocycles. The van der Waals surface area contributed by atoms with Crippen molar-refractivity contribution in [3.63, 3.8) is 0 Å². The Morgan fingerprint density at radius 3 is 2.92 bits per heavy atom. The van der Waals surface area contributed by atoms with Gasteiger partial charge in [-0.15, -0.1) is 10.2 Å². The van der Waals surface area contributed by atoms with Crippen LogP contribution in [0.5, 0.6) is 0 Å². The van der Waals surface area contributed by atoms with E-state index >= 15 is 0 Å². The van der Waals surface area contributed by atoms with Gasteiger partial charge in [-0.25, -0.2) is 0 Å². The van der Waals surface area contributed by atoms with Gasteiger partial charge in [-0.2, -0.15) is 0 Å². The van der Waals surface area contributed by atoms with Crippen molar-refractivity contribution >= 4 is 5.91 Å². The highest BCUT2D eigenvalue weighted by Crippen LogP contribution is 2.21. The summed E-state index contributed by atoms with van der Waals surface area (Å²) in [4.78, 5) is 14.6. The van der Waals surface area contributed by atoms with Crippen LogP contribution in [0, 0.1) is 0 Å². The number of amides is 1. The van der Waals surface area contributed by atoms with Gasteiger partial charge in [0, 0.05) is 26.7 Å². The molecule has 0 spiro atoms. The summed E-state index contributed by atoms with van der Waals surface area (Å²) < 4.78 is 7.65. The first-order chi connectivity index (χ1) is 11.6. The molecule has 2 aromatic rings. The number of aryl methyl sites for hydroxylation is 1. The second-order valence-corrected chi connectivity index (χ2v) is 6.03. The SMILES string of the molecule is CC(C(=O)NCc1ccccc1)N1CCOC(c2nncn2C)C1. The average molecular weight is 329 g/mol. The maximum absolute atomic E-state index is 12.4. The highest BCUT2D eigenvalue weighted by molar-refractivity contribution is 5.81. The van der Waals surface area contributed by atoms with E-state index in [-0.39, 0.29) is 18.1 Å². The van der Waals surface area contributed by atoms with Crippen LogP contribution in [0.4, 0.5) is 0 Å². The maximum atomic E-state index is 12.4. The van der Waals surface area contributed by atoms with E-state index in [0.29, 0.717) is 19.7 Å². The molecule has 0 radical (unpaired) electrons. The van der Waals surface area contributed by atoms with Gasteiger partial charge in [0.05, 0.1) is 12.6 Å². The smallest absolute Gasteiger partial charge is 0.237 e. The van der Waals surface area contributed by atoms with E-state index in [2.05, 4.69) is 20.4 Å². The van der Waals surface area contributed by atoms with E-state index in [0.717, 1.165) is 17.9 Å². The minimum absolute atomic E-state index is 0.0254. The van der Waals surface area contributed by atoms with Gasteiger partial charge in [0.15, 0.2) is 5.82 Å². The minimum atomic E-state index is -0.215. The van der Waals surface area contributed by atoms with Crippen LogP contribution >= 0.6 is 0 Å². The van der Waals surface area contributed by atoms with Gasteiger partial charge in [0.25, 0.3) is 0 Å². The summed E-state index contributed by atoms with van der Waals surface area (Å²) in [7, 11) is 1.90. The molecule has 1 aliphatic heterocycles. The van der Waals surface area contributed by atoms with Crippen molar-refractivity contribution in [1.29, 1.82) is 0 Å². The van der Waals surface area contributed by atoms with Crippen LogP contribution in [-0.4, -0.2) is 51.3 Å². The quantitative estimate of drug-likeness (QED) is 0.882. The predicted molar refractivity (Wildman–Crippen MR) is 89.0 cm³/mol. The third kappa shape index (κ3) is 3.80. The first-order valence-corrected chi connectivity index (χ1v) is 8.16. The van der Waals surface area contributed by atoms with Crippen LogP contribution in [0.2, 0.25) is 0 Å². The van der Waals surface area contributed by atoms with Gasteiger partial charge in [0.2, 0.25) is 5.91 Å². The fourth-order valence-electron chi connectivity index (χ4n) is 2.86. The number of aromatic nitrogens is 3. The number of carbonyl (C=O) groups is 1. The molecule has 0 aliphatic carbocycles. The average Bonchev–Trinajstić information content (AvgIpc) is 3.06. The number of hydrogen-bond acceptors (Lipinski definition) is 5. The Kier molecular flexibility index (Phi) is 5.22. The second kappa shape index (κ2) is 7.55. The molecule has 1 aromatic carbocycles. The van der Waals surface area contributed by atoms with Crippen LogP contribution in [0.25, 0.3) is 0 Å². The molecular weight excluding hydrogens is 306 g/mol. The molecule has 1 fully saturated rings. The van der Waals surface area contributed by atoms with Crippen LogP contribution in [0.1, 0.15) is 24.4 Å². The van der Waals surface area contributed by atoms with E-state index in [9.17, 15) is 4.79 Å². The van der Waals surface area contributed by atoms with Gasteiger partial charge in [-0.05, 0) is 12.5 Å². The molecule has 2 unspecified atom stereocenters. The lowest BCUT2D eigenvalue weighted by Gasteiger charge is -2.35. The third-order valence-corrected chi connectivity index (χ3v) is 4.37. The van der Waals surface area contributed by atoms with E-state index in [4.69, 9.17) is 4.74 Å². The molecule has 3 rings (SSSR count). The minimum Gasteiger partial charge on any atom is -0.368 e. The number of rotatable bonds is 5. The Hall–Kier alpha value is -2.25. The Bertz CT molecular complexity index is 673. The lowest BCUT2D eigenvalue weighted by molar-refractivity contribution is -0.129. The molecule has 2 atom stereocenters. The van der Waals surface area contributed by atoms with Gasteiger partial charge < -0.3 is 14.6 Å². The Balaban J connectivity index is 1.56. The molecule has 7 nitrogen and oxygen atoms in total. The molecule has 0 bridgehead atoms. The fourth-order valence-corrected chi connectivity index (χ4v) is 2.86. The van der Waals surface area contributed by atoms with Crippen LogP contribution in [0.3, 0.4) is 0 Å². The second-order valence-electron chi connectivity index (χ2n) is 6.03. The normalized spacial score (nSPS) is 19.8. The Morgan fingerprint density at radius 1 is 1.42 bits per heavy atom. The van der Waals surface area contributed by atoms with Crippen LogP contribution in [0.15, 0.2) is 36.7 Å². The topological polar surface area (TPSA) is 72.3 Å². The molecule has 128 valence electrons. The molecule has 0 saturated carbocycles. The van der Waals surface area contributed by atoms with Gasteiger partial charge in [-0.1, -0.05) is 30.3 Å². The van der Waals surface area contributed by atoms with Crippen molar-refractivity contribution in [1.82, 2.24) is 25.0 Å². The Morgan fingerprint density at radius 2 is 2.21 bits per heavy atom. The summed E-state index contributed by atoms with van der Waals surface area (Å²) >= 11 is 0. The number of ether oxygens (including phenoxy) is 1. The monoisotopic (exact) mass is 329 g/mol. The summed E-state index contributed by atoms with van der Waals surface area (Å²) in [5.41, 5.74) is 1.09. The first-order valence-electron chi connectivity index (χ1n) is 8.16. The summed E-state index contributed by atoms with van der Waals surface area (Å²) in [6.07, 6.45) is 1.50. The standard InChI is InChI=1S/C17H23N5O2/c1-13(17(23)18-10-14-6-4-3-5-7-14)22-8-9-24-15(11-22)16-20-19-12-21(16)2/h3-7,12-13,15H,8-11H2,1-2H3,(H,18,23). The largest absolute Gasteiger partial charge is 0.368 e. The van der Waals surface area contributed by atoms with Gasteiger partial charge >= 0.3 is 0 Å². The zero-order chi connectivity index (χ0) is 16.9. The van der Waals surface area contributed by atoms with E-state index in [1.165, 1.54) is 0 Å². The van der Waals surface area contributed by atoms with Crippen molar-refractivity contribution in [2.24, 2.45) is 7.05 Å². The number of carbonyl (C=O) groups excluding carboxylic acids is 1. The van der Waals surface area contributed by atoms with Crippen molar-refractivity contribution in [3.05, 3.63) is 48.0 Å². The molecule has 7 heteroatoms. The number of nitrogens with one attached hydrogen (secondary N) is 1. The Labute approximate surface area is 141 Å². The number of benzene rings is 1. The van der Waals surface area contributed by atoms with Crippen LogP contribution < -0.4 is 5.32 Å². The molecule has 1 aliphatic rings. The highest BCUT2D eigenvalue weighted by atomic mass is 16.5. The third-order valence-electron chi connectivity index (χ3n) is 4.37. The van der Waals surface area contributed by atoms with E-state index in [1.807, 2.05) is 48.9 Å². The maximum Gasteiger partial charge on any atom is 0.237 e. The van der Waals surface area contributed by atoms with Gasteiger partial charge in [-0.3, -0.25) is 9.69 Å². The lowest BCUT2D eigenvalue weighted by Crippen LogP contribution is -2.50. The molecule has 1 amide bonds. The zero-order valence-electron chi connectivity index (χ0n) is 14.1. The van der Waals surface area contributed by atoms with E-state index in [1.54, 1.807) is 6.33 Å². The van der Waals surface area contributed by atoms with Crippen LogP contribution in [-0.2, 0) is 23.1 Å². The summed E-state index contributed by atoms with van der Waals surface area (Å²) in [6.45, 7) is 4.41. The molecular formula is C17H23N5O2. The fraction of sp³-hybridized carbons (Fsp3) is 0.471. The number of hydrogen-bond donors (Lipinski definition) is 1. The number of nitrogens with zero attached hydrogens (tertiary/aromatic N) is 4.